The van der Waals surface area contributed by atoms with Crippen molar-refractivity contribution in [3.63, 3.8) is 0 Å². The van der Waals surface area contributed by atoms with E-state index in [1.54, 1.807) is 13.0 Å². The molecule has 0 spiro atoms. The molecule has 0 aliphatic rings. The average Bonchev–Trinajstić information content (AvgIpc) is 2.80. The summed E-state index contributed by atoms with van der Waals surface area (Å²) >= 11 is 6.06. The van der Waals surface area contributed by atoms with Crippen molar-refractivity contribution >= 4 is 11.6 Å². The first-order valence-corrected chi connectivity index (χ1v) is 7.16. The molecule has 1 aromatic heterocycles. The zero-order valence-electron chi connectivity index (χ0n) is 12.7. The van der Waals surface area contributed by atoms with Gasteiger partial charge in [-0.05, 0) is 39.0 Å². The number of hydrogen-bond acceptors (Lipinski definition) is 5. The minimum atomic E-state index is 0.0171. The fourth-order valence-electron chi connectivity index (χ4n) is 1.72. The van der Waals surface area contributed by atoms with Gasteiger partial charge in [-0.25, -0.2) is 0 Å². The van der Waals surface area contributed by atoms with E-state index in [0.29, 0.717) is 23.3 Å². The molecule has 0 radical (unpaired) electrons. The van der Waals surface area contributed by atoms with Crippen molar-refractivity contribution < 1.29 is 9.15 Å². The molecular formula is C15H20ClN3O2. The van der Waals surface area contributed by atoms with Gasteiger partial charge in [0.15, 0.2) is 6.61 Å². The topological polar surface area (TPSA) is 60.2 Å². The van der Waals surface area contributed by atoms with E-state index in [-0.39, 0.29) is 12.1 Å². The quantitative estimate of drug-likeness (QED) is 0.916. The molecule has 0 saturated heterocycles. The number of aryl methyl sites for hydroxylation is 1. The molecule has 0 fully saturated rings. The predicted molar refractivity (Wildman–Crippen MR) is 81.4 cm³/mol. The van der Waals surface area contributed by atoms with Gasteiger partial charge in [-0.3, -0.25) is 0 Å². The fourth-order valence-corrected chi connectivity index (χ4v) is 1.92. The number of hydrogen-bond donors (Lipinski definition) is 1. The van der Waals surface area contributed by atoms with Gasteiger partial charge in [0.25, 0.3) is 5.89 Å². The summed E-state index contributed by atoms with van der Waals surface area (Å²) in [4.78, 5) is 0. The van der Waals surface area contributed by atoms with Gasteiger partial charge < -0.3 is 14.5 Å². The van der Waals surface area contributed by atoms with Gasteiger partial charge in [0.2, 0.25) is 5.89 Å². The van der Waals surface area contributed by atoms with Crippen LogP contribution in [0.2, 0.25) is 5.02 Å². The van der Waals surface area contributed by atoms with E-state index in [1.807, 2.05) is 12.1 Å². The van der Waals surface area contributed by atoms with Gasteiger partial charge in [-0.15, -0.1) is 10.2 Å². The molecule has 0 aliphatic heterocycles. The van der Waals surface area contributed by atoms with E-state index >= 15 is 0 Å². The maximum absolute atomic E-state index is 6.06. The lowest BCUT2D eigenvalue weighted by Crippen LogP contribution is -2.35. The number of halogens is 1. The summed E-state index contributed by atoms with van der Waals surface area (Å²) in [6, 6.07) is 5.55. The molecule has 1 heterocycles. The first kappa shape index (κ1) is 15.8. The van der Waals surface area contributed by atoms with Crippen molar-refractivity contribution in [1.82, 2.24) is 15.5 Å². The molecule has 0 aliphatic carbocycles. The van der Waals surface area contributed by atoms with Gasteiger partial charge in [0.1, 0.15) is 5.75 Å². The second-order valence-corrected chi connectivity index (χ2v) is 6.30. The third-order valence-electron chi connectivity index (χ3n) is 2.75. The van der Waals surface area contributed by atoms with E-state index in [1.165, 1.54) is 0 Å². The molecule has 0 bridgehead atoms. The number of rotatable bonds is 5. The zero-order chi connectivity index (χ0) is 15.5. The highest BCUT2D eigenvalue weighted by molar-refractivity contribution is 6.30. The molecule has 0 unspecified atom stereocenters. The SMILES string of the molecule is Cc1nnc(COc2ccc(Cl)cc2CNC(C)(C)C)o1. The van der Waals surface area contributed by atoms with Crippen LogP contribution in [0.3, 0.4) is 0 Å². The molecule has 2 rings (SSSR count). The summed E-state index contributed by atoms with van der Waals surface area (Å²) in [6.07, 6.45) is 0. The third-order valence-corrected chi connectivity index (χ3v) is 2.99. The fraction of sp³-hybridized carbons (Fsp3) is 0.467. The minimum absolute atomic E-state index is 0.0171. The predicted octanol–water partition coefficient (Wildman–Crippen LogP) is 3.50. The van der Waals surface area contributed by atoms with E-state index in [4.69, 9.17) is 20.8 Å². The number of aromatic nitrogens is 2. The van der Waals surface area contributed by atoms with Gasteiger partial charge >= 0.3 is 0 Å². The smallest absolute Gasteiger partial charge is 0.253 e. The summed E-state index contributed by atoms with van der Waals surface area (Å²) in [5.41, 5.74) is 1.01. The standard InChI is InChI=1S/C15H20ClN3O2/c1-10-18-19-14(21-10)9-20-13-6-5-12(16)7-11(13)8-17-15(2,3)4/h5-7,17H,8-9H2,1-4H3. The van der Waals surface area contributed by atoms with Gasteiger partial charge in [0, 0.05) is 29.6 Å². The van der Waals surface area contributed by atoms with E-state index in [2.05, 4.69) is 36.3 Å². The van der Waals surface area contributed by atoms with Crippen LogP contribution in [0.25, 0.3) is 0 Å². The molecular weight excluding hydrogens is 290 g/mol. The van der Waals surface area contributed by atoms with Crippen molar-refractivity contribution in [3.05, 3.63) is 40.6 Å². The van der Waals surface area contributed by atoms with Crippen LogP contribution in [0.1, 0.15) is 38.1 Å². The Morgan fingerprint density at radius 2 is 2.05 bits per heavy atom. The maximum atomic E-state index is 6.06. The van der Waals surface area contributed by atoms with Crippen molar-refractivity contribution in [3.8, 4) is 5.75 Å². The molecule has 1 N–H and O–H groups in total. The van der Waals surface area contributed by atoms with Gasteiger partial charge in [0.05, 0.1) is 0 Å². The van der Waals surface area contributed by atoms with Crippen LogP contribution < -0.4 is 10.1 Å². The van der Waals surface area contributed by atoms with Gasteiger partial charge in [-0.2, -0.15) is 0 Å². The Balaban J connectivity index is 2.07. The van der Waals surface area contributed by atoms with Crippen molar-refractivity contribution in [2.45, 2.75) is 46.4 Å². The Morgan fingerprint density at radius 1 is 1.29 bits per heavy atom. The van der Waals surface area contributed by atoms with E-state index in [0.717, 1.165) is 11.3 Å². The largest absolute Gasteiger partial charge is 0.483 e. The molecule has 2 aromatic rings. The van der Waals surface area contributed by atoms with Crippen LogP contribution in [-0.2, 0) is 13.2 Å². The monoisotopic (exact) mass is 309 g/mol. The van der Waals surface area contributed by atoms with Crippen LogP contribution in [0.15, 0.2) is 22.6 Å². The molecule has 21 heavy (non-hydrogen) atoms. The van der Waals surface area contributed by atoms with Crippen LogP contribution in [0.4, 0.5) is 0 Å². The Kier molecular flexibility index (Phi) is 4.85. The summed E-state index contributed by atoms with van der Waals surface area (Å²) in [5.74, 6) is 1.74. The van der Waals surface area contributed by atoms with Gasteiger partial charge in [-0.1, -0.05) is 11.6 Å². The zero-order valence-corrected chi connectivity index (χ0v) is 13.5. The van der Waals surface area contributed by atoms with Crippen LogP contribution in [0.5, 0.6) is 5.75 Å². The number of nitrogens with zero attached hydrogens (tertiary/aromatic N) is 2. The normalized spacial score (nSPS) is 11.7. The van der Waals surface area contributed by atoms with E-state index < -0.39 is 0 Å². The molecule has 0 amide bonds. The highest BCUT2D eigenvalue weighted by Crippen LogP contribution is 2.24. The summed E-state index contributed by atoms with van der Waals surface area (Å²) < 4.78 is 11.1. The van der Waals surface area contributed by atoms with Crippen LogP contribution >= 0.6 is 11.6 Å². The molecule has 5 nitrogen and oxygen atoms in total. The number of nitrogens with one attached hydrogen (secondary N) is 1. The van der Waals surface area contributed by atoms with Crippen LogP contribution in [-0.4, -0.2) is 15.7 Å². The van der Waals surface area contributed by atoms with Crippen molar-refractivity contribution in [1.29, 1.82) is 0 Å². The maximum Gasteiger partial charge on any atom is 0.253 e. The summed E-state index contributed by atoms with van der Waals surface area (Å²) in [5, 5.41) is 11.8. The molecule has 6 heteroatoms. The lowest BCUT2D eigenvalue weighted by molar-refractivity contribution is 0.257. The Labute approximate surface area is 129 Å². The first-order valence-electron chi connectivity index (χ1n) is 6.79. The second-order valence-electron chi connectivity index (χ2n) is 5.86. The highest BCUT2D eigenvalue weighted by atomic mass is 35.5. The first-order chi connectivity index (χ1) is 9.83. The molecule has 0 saturated carbocycles. The average molecular weight is 310 g/mol. The summed E-state index contributed by atoms with van der Waals surface area (Å²) in [6.45, 7) is 8.99. The van der Waals surface area contributed by atoms with Crippen molar-refractivity contribution in [2.75, 3.05) is 0 Å². The Bertz CT molecular complexity index is 605. The lowest BCUT2D eigenvalue weighted by Gasteiger charge is -2.21. The molecule has 114 valence electrons. The second kappa shape index (κ2) is 6.45. The highest BCUT2D eigenvalue weighted by Gasteiger charge is 2.12. The van der Waals surface area contributed by atoms with Crippen molar-refractivity contribution in [2.24, 2.45) is 0 Å². The molecule has 1 aromatic carbocycles. The Hall–Kier alpha value is -1.59. The minimum Gasteiger partial charge on any atom is -0.483 e. The Morgan fingerprint density at radius 3 is 2.67 bits per heavy atom. The summed E-state index contributed by atoms with van der Waals surface area (Å²) in [7, 11) is 0. The van der Waals surface area contributed by atoms with E-state index in [9.17, 15) is 0 Å². The lowest BCUT2D eigenvalue weighted by atomic mass is 10.1. The number of benzene rings is 1. The molecule has 0 atom stereocenters. The number of ether oxygens (including phenoxy) is 1. The third kappa shape index (κ3) is 5.02. The van der Waals surface area contributed by atoms with Crippen LogP contribution in [0, 0.1) is 6.92 Å².